The van der Waals surface area contributed by atoms with Gasteiger partial charge in [0.25, 0.3) is 0 Å². The Morgan fingerprint density at radius 1 is 1.38 bits per heavy atom. The van der Waals surface area contributed by atoms with E-state index in [-0.39, 0.29) is 5.92 Å². The minimum absolute atomic E-state index is 0.246. The molecule has 0 saturated heterocycles. The monoisotopic (exact) mass is 288 g/mol. The Balaban J connectivity index is 1.98. The average Bonchev–Trinajstić information content (AvgIpc) is 2.46. The SMILES string of the molecule is CCC1C2CCc3cc(O)ccc3C2CCC1(C)C(=O)O. The van der Waals surface area contributed by atoms with Crippen LogP contribution in [0, 0.1) is 17.3 Å². The standard InChI is InChI=1S/C18H24O3/c1-3-16-15-6-4-11-10-12(19)5-7-13(11)14(15)8-9-18(16,2)17(20)21/h5,7,10,14-16,19H,3-4,6,8-9H2,1-2H3,(H,20,21). The maximum absolute atomic E-state index is 11.8. The van der Waals surface area contributed by atoms with Crippen LogP contribution in [0.1, 0.15) is 56.6 Å². The van der Waals surface area contributed by atoms with Gasteiger partial charge in [-0.25, -0.2) is 0 Å². The molecule has 3 rings (SSSR count). The molecule has 114 valence electrons. The summed E-state index contributed by atoms with van der Waals surface area (Å²) in [6.45, 7) is 4.06. The normalized spacial score (nSPS) is 34.9. The zero-order valence-corrected chi connectivity index (χ0v) is 12.8. The molecule has 4 unspecified atom stereocenters. The molecule has 2 aliphatic carbocycles. The van der Waals surface area contributed by atoms with Crippen LogP contribution in [0.25, 0.3) is 0 Å². The molecule has 2 N–H and O–H groups in total. The van der Waals surface area contributed by atoms with E-state index in [9.17, 15) is 15.0 Å². The van der Waals surface area contributed by atoms with Gasteiger partial charge in [-0.2, -0.15) is 0 Å². The van der Waals surface area contributed by atoms with E-state index in [1.807, 2.05) is 13.0 Å². The number of carboxylic acids is 1. The fourth-order valence-corrected chi connectivity index (χ4v) is 4.91. The summed E-state index contributed by atoms with van der Waals surface area (Å²) < 4.78 is 0. The lowest BCUT2D eigenvalue weighted by atomic mass is 9.54. The summed E-state index contributed by atoms with van der Waals surface area (Å²) in [6, 6.07) is 5.71. The summed E-state index contributed by atoms with van der Waals surface area (Å²) in [6.07, 6.45) is 4.63. The first-order chi connectivity index (χ1) is 9.97. The average molecular weight is 288 g/mol. The molecule has 0 aliphatic heterocycles. The van der Waals surface area contributed by atoms with E-state index >= 15 is 0 Å². The van der Waals surface area contributed by atoms with Crippen LogP contribution in [-0.4, -0.2) is 16.2 Å². The Morgan fingerprint density at radius 3 is 2.81 bits per heavy atom. The van der Waals surface area contributed by atoms with Gasteiger partial charge in [0.05, 0.1) is 5.41 Å². The van der Waals surface area contributed by atoms with Crippen molar-refractivity contribution in [3.63, 3.8) is 0 Å². The van der Waals surface area contributed by atoms with E-state index in [2.05, 4.69) is 13.0 Å². The van der Waals surface area contributed by atoms with Gasteiger partial charge in [0.15, 0.2) is 0 Å². The first kappa shape index (κ1) is 14.4. The van der Waals surface area contributed by atoms with Crippen molar-refractivity contribution >= 4 is 5.97 Å². The molecule has 0 bridgehead atoms. The summed E-state index contributed by atoms with van der Waals surface area (Å²) in [4.78, 5) is 11.8. The number of hydrogen-bond acceptors (Lipinski definition) is 2. The Labute approximate surface area is 126 Å². The number of carboxylic acid groups (broad SMARTS) is 1. The lowest BCUT2D eigenvalue weighted by molar-refractivity contribution is -0.157. The van der Waals surface area contributed by atoms with Crippen LogP contribution in [0.3, 0.4) is 0 Å². The summed E-state index contributed by atoms with van der Waals surface area (Å²) in [5.74, 6) is 0.874. The van der Waals surface area contributed by atoms with E-state index in [1.165, 1.54) is 11.1 Å². The number of aromatic hydroxyl groups is 1. The number of benzene rings is 1. The summed E-state index contributed by atoms with van der Waals surface area (Å²) >= 11 is 0. The van der Waals surface area contributed by atoms with E-state index in [0.29, 0.717) is 17.6 Å². The number of rotatable bonds is 2. The van der Waals surface area contributed by atoms with E-state index < -0.39 is 11.4 Å². The number of phenols is 1. The molecule has 0 amide bonds. The molecule has 1 aromatic carbocycles. The van der Waals surface area contributed by atoms with Gasteiger partial charge in [-0.3, -0.25) is 4.79 Å². The number of fused-ring (bicyclic) bond motifs is 3. The van der Waals surface area contributed by atoms with Gasteiger partial charge >= 0.3 is 5.97 Å². The molecular formula is C18H24O3. The van der Waals surface area contributed by atoms with Crippen molar-refractivity contribution in [3.05, 3.63) is 29.3 Å². The molecular weight excluding hydrogens is 264 g/mol. The van der Waals surface area contributed by atoms with Crippen LogP contribution < -0.4 is 0 Å². The van der Waals surface area contributed by atoms with Crippen LogP contribution in [0.4, 0.5) is 0 Å². The maximum Gasteiger partial charge on any atom is 0.309 e. The molecule has 2 aliphatic rings. The highest BCUT2D eigenvalue weighted by Gasteiger charge is 2.51. The maximum atomic E-state index is 11.8. The summed E-state index contributed by atoms with van der Waals surface area (Å²) in [5.41, 5.74) is 2.02. The molecule has 0 spiro atoms. The van der Waals surface area contributed by atoms with Gasteiger partial charge in [0.1, 0.15) is 5.75 Å². The lowest BCUT2D eigenvalue weighted by Gasteiger charge is -2.49. The Kier molecular flexibility index (Phi) is 3.46. The van der Waals surface area contributed by atoms with Crippen LogP contribution >= 0.6 is 0 Å². The van der Waals surface area contributed by atoms with Gasteiger partial charge < -0.3 is 10.2 Å². The summed E-state index contributed by atoms with van der Waals surface area (Å²) in [5, 5.41) is 19.3. The zero-order chi connectivity index (χ0) is 15.2. The van der Waals surface area contributed by atoms with Crippen LogP contribution in [0.15, 0.2) is 18.2 Å². The van der Waals surface area contributed by atoms with Crippen molar-refractivity contribution in [3.8, 4) is 5.75 Å². The first-order valence-electron chi connectivity index (χ1n) is 8.02. The van der Waals surface area contributed by atoms with Crippen molar-refractivity contribution in [2.45, 2.75) is 51.9 Å². The third kappa shape index (κ3) is 2.14. The zero-order valence-electron chi connectivity index (χ0n) is 12.8. The Bertz CT molecular complexity index is 566. The fraction of sp³-hybridized carbons (Fsp3) is 0.611. The molecule has 21 heavy (non-hydrogen) atoms. The third-order valence-corrected chi connectivity index (χ3v) is 6.03. The predicted molar refractivity (Wildman–Crippen MR) is 81.4 cm³/mol. The largest absolute Gasteiger partial charge is 0.508 e. The minimum Gasteiger partial charge on any atom is -0.508 e. The van der Waals surface area contributed by atoms with Crippen molar-refractivity contribution in [2.75, 3.05) is 0 Å². The van der Waals surface area contributed by atoms with Gasteiger partial charge in [-0.15, -0.1) is 0 Å². The molecule has 1 aromatic rings. The molecule has 0 radical (unpaired) electrons. The molecule has 1 saturated carbocycles. The van der Waals surface area contributed by atoms with Gasteiger partial charge in [0, 0.05) is 0 Å². The van der Waals surface area contributed by atoms with E-state index in [1.54, 1.807) is 6.07 Å². The van der Waals surface area contributed by atoms with Crippen LogP contribution in [0.2, 0.25) is 0 Å². The first-order valence-corrected chi connectivity index (χ1v) is 8.02. The Hall–Kier alpha value is -1.51. The van der Waals surface area contributed by atoms with Crippen molar-refractivity contribution in [1.29, 1.82) is 0 Å². The van der Waals surface area contributed by atoms with E-state index in [4.69, 9.17) is 0 Å². The number of aliphatic carboxylic acids is 1. The molecule has 1 fully saturated rings. The number of aryl methyl sites for hydroxylation is 1. The fourth-order valence-electron chi connectivity index (χ4n) is 4.91. The quantitative estimate of drug-likeness (QED) is 0.866. The highest BCUT2D eigenvalue weighted by molar-refractivity contribution is 5.75. The topological polar surface area (TPSA) is 57.5 Å². The highest BCUT2D eigenvalue weighted by Crippen LogP contribution is 2.55. The number of phenolic OH excluding ortho intramolecular Hbond substituents is 1. The molecule has 3 nitrogen and oxygen atoms in total. The number of carbonyl (C=O) groups is 1. The van der Waals surface area contributed by atoms with Crippen molar-refractivity contribution < 1.29 is 15.0 Å². The second-order valence-corrected chi connectivity index (χ2v) is 6.97. The molecule has 3 heteroatoms. The Morgan fingerprint density at radius 2 is 2.14 bits per heavy atom. The number of hydrogen-bond donors (Lipinski definition) is 2. The molecule has 0 heterocycles. The summed E-state index contributed by atoms with van der Waals surface area (Å²) in [7, 11) is 0. The second kappa shape index (κ2) is 5.04. The van der Waals surface area contributed by atoms with Crippen LogP contribution in [-0.2, 0) is 11.2 Å². The minimum atomic E-state index is -0.635. The molecule has 4 atom stereocenters. The lowest BCUT2D eigenvalue weighted by Crippen LogP contribution is -2.46. The van der Waals surface area contributed by atoms with Crippen molar-refractivity contribution in [2.24, 2.45) is 17.3 Å². The predicted octanol–water partition coefficient (Wildman–Crippen LogP) is 3.95. The van der Waals surface area contributed by atoms with E-state index in [0.717, 1.165) is 32.1 Å². The second-order valence-electron chi connectivity index (χ2n) is 6.97. The van der Waals surface area contributed by atoms with Gasteiger partial charge in [-0.1, -0.05) is 19.4 Å². The van der Waals surface area contributed by atoms with Gasteiger partial charge in [-0.05, 0) is 73.6 Å². The van der Waals surface area contributed by atoms with Gasteiger partial charge in [0.2, 0.25) is 0 Å². The molecule has 0 aromatic heterocycles. The van der Waals surface area contributed by atoms with Crippen molar-refractivity contribution in [1.82, 2.24) is 0 Å². The highest BCUT2D eigenvalue weighted by atomic mass is 16.4. The van der Waals surface area contributed by atoms with Crippen LogP contribution in [0.5, 0.6) is 5.75 Å². The smallest absolute Gasteiger partial charge is 0.309 e. The third-order valence-electron chi connectivity index (χ3n) is 6.03.